The van der Waals surface area contributed by atoms with Gasteiger partial charge < -0.3 is 14.5 Å². The largest absolute Gasteiger partial charge is 0.466 e. The number of amides is 2. The van der Waals surface area contributed by atoms with E-state index in [0.717, 1.165) is 45.3 Å². The lowest BCUT2D eigenvalue weighted by Gasteiger charge is -2.38. The number of piperidine rings is 2. The van der Waals surface area contributed by atoms with Crippen molar-refractivity contribution in [1.29, 1.82) is 0 Å². The van der Waals surface area contributed by atoms with Crippen LogP contribution in [0.15, 0.2) is 0 Å². The van der Waals surface area contributed by atoms with E-state index in [9.17, 15) is 9.59 Å². The Bertz CT molecular complexity index is 351. The molecule has 0 aromatic rings. The van der Waals surface area contributed by atoms with Crippen LogP contribution in [0, 0.1) is 11.8 Å². The first-order chi connectivity index (χ1) is 9.61. The molecule has 0 aliphatic carbocycles. The summed E-state index contributed by atoms with van der Waals surface area (Å²) in [5.74, 6) is 0.418. The molecule has 20 heavy (non-hydrogen) atoms. The molecule has 5 nitrogen and oxygen atoms in total. The highest BCUT2D eigenvalue weighted by Gasteiger charge is 2.32. The third-order valence-electron chi connectivity index (χ3n) is 4.37. The van der Waals surface area contributed by atoms with Crippen molar-refractivity contribution in [2.24, 2.45) is 11.8 Å². The van der Waals surface area contributed by atoms with Gasteiger partial charge in [-0.2, -0.15) is 0 Å². The van der Waals surface area contributed by atoms with Crippen LogP contribution >= 0.6 is 0 Å². The van der Waals surface area contributed by atoms with Gasteiger partial charge >= 0.3 is 12.0 Å². The molecule has 2 heterocycles. The summed E-state index contributed by atoms with van der Waals surface area (Å²) in [6.45, 7) is 7.44. The minimum Gasteiger partial charge on any atom is -0.466 e. The summed E-state index contributed by atoms with van der Waals surface area (Å²) >= 11 is 0. The number of rotatable bonds is 2. The predicted molar refractivity (Wildman–Crippen MR) is 76.3 cm³/mol. The number of urea groups is 1. The zero-order valence-electron chi connectivity index (χ0n) is 12.6. The van der Waals surface area contributed by atoms with Gasteiger partial charge in [-0.1, -0.05) is 6.92 Å². The number of carbonyl (C=O) groups is 2. The second-order valence-electron chi connectivity index (χ2n) is 5.99. The highest BCUT2D eigenvalue weighted by atomic mass is 16.5. The normalized spacial score (nSPS) is 24.6. The molecule has 114 valence electrons. The minimum absolute atomic E-state index is 0.103. The van der Waals surface area contributed by atoms with Crippen molar-refractivity contribution in [3.8, 4) is 0 Å². The molecule has 2 rings (SSSR count). The van der Waals surface area contributed by atoms with Crippen LogP contribution in [0.5, 0.6) is 0 Å². The average molecular weight is 282 g/mol. The van der Waals surface area contributed by atoms with E-state index in [1.807, 2.05) is 16.7 Å². The lowest BCUT2D eigenvalue weighted by Crippen LogP contribution is -2.50. The number of hydrogen-bond donors (Lipinski definition) is 0. The van der Waals surface area contributed by atoms with Crippen molar-refractivity contribution in [3.63, 3.8) is 0 Å². The van der Waals surface area contributed by atoms with Crippen molar-refractivity contribution in [2.75, 3.05) is 32.8 Å². The maximum absolute atomic E-state index is 12.5. The van der Waals surface area contributed by atoms with Crippen molar-refractivity contribution < 1.29 is 14.3 Å². The Morgan fingerprint density at radius 3 is 2.45 bits per heavy atom. The van der Waals surface area contributed by atoms with Crippen molar-refractivity contribution in [2.45, 2.75) is 39.5 Å². The van der Waals surface area contributed by atoms with Crippen LogP contribution in [0.4, 0.5) is 4.79 Å². The van der Waals surface area contributed by atoms with E-state index in [4.69, 9.17) is 4.74 Å². The van der Waals surface area contributed by atoms with Gasteiger partial charge in [0.05, 0.1) is 12.5 Å². The second kappa shape index (κ2) is 6.95. The number of nitrogens with zero attached hydrogens (tertiary/aromatic N) is 2. The number of ether oxygens (including phenoxy) is 1. The lowest BCUT2D eigenvalue weighted by atomic mass is 9.97. The Balaban J connectivity index is 1.88. The summed E-state index contributed by atoms with van der Waals surface area (Å²) in [5.41, 5.74) is 0. The molecule has 0 unspecified atom stereocenters. The molecular formula is C15H26N2O3. The summed E-state index contributed by atoms with van der Waals surface area (Å²) in [6, 6.07) is 0.103. The first-order valence-electron chi connectivity index (χ1n) is 7.82. The van der Waals surface area contributed by atoms with E-state index >= 15 is 0 Å². The molecule has 2 fully saturated rings. The van der Waals surface area contributed by atoms with Gasteiger partial charge in [-0.3, -0.25) is 4.79 Å². The van der Waals surface area contributed by atoms with E-state index in [2.05, 4.69) is 6.92 Å². The summed E-state index contributed by atoms with van der Waals surface area (Å²) in [4.78, 5) is 28.1. The minimum atomic E-state index is -0.155. The molecule has 0 bridgehead atoms. The molecule has 0 N–H and O–H groups in total. The summed E-state index contributed by atoms with van der Waals surface area (Å²) < 4.78 is 5.08. The molecular weight excluding hydrogens is 256 g/mol. The van der Waals surface area contributed by atoms with Gasteiger partial charge in [-0.05, 0) is 38.5 Å². The Labute approximate surface area is 121 Å². The molecule has 2 aliphatic heterocycles. The summed E-state index contributed by atoms with van der Waals surface area (Å²) in [5, 5.41) is 0. The van der Waals surface area contributed by atoms with Crippen molar-refractivity contribution >= 4 is 12.0 Å². The van der Waals surface area contributed by atoms with Gasteiger partial charge in [-0.15, -0.1) is 0 Å². The van der Waals surface area contributed by atoms with Crippen molar-refractivity contribution in [1.82, 2.24) is 9.80 Å². The SMILES string of the molecule is CCOC(=O)[C@H]1CCCN(C(=O)N2CCC(C)CC2)C1. The van der Waals surface area contributed by atoms with Crippen LogP contribution in [0.1, 0.15) is 39.5 Å². The van der Waals surface area contributed by atoms with Gasteiger partial charge in [0.25, 0.3) is 0 Å². The van der Waals surface area contributed by atoms with Crippen molar-refractivity contribution in [3.05, 3.63) is 0 Å². The predicted octanol–water partition coefficient (Wildman–Crippen LogP) is 2.11. The summed E-state index contributed by atoms with van der Waals surface area (Å²) in [6.07, 6.45) is 3.89. The second-order valence-corrected chi connectivity index (χ2v) is 5.99. The number of carbonyl (C=O) groups excluding carboxylic acids is 2. The van der Waals surface area contributed by atoms with Crippen LogP contribution in [0.25, 0.3) is 0 Å². The highest BCUT2D eigenvalue weighted by Crippen LogP contribution is 2.22. The smallest absolute Gasteiger partial charge is 0.320 e. The van der Waals surface area contributed by atoms with E-state index in [1.165, 1.54) is 0 Å². The fourth-order valence-electron chi connectivity index (χ4n) is 3.00. The van der Waals surface area contributed by atoms with Gasteiger partial charge in [0.15, 0.2) is 0 Å². The first kappa shape index (κ1) is 15.1. The molecule has 0 aromatic carbocycles. The molecule has 0 spiro atoms. The first-order valence-corrected chi connectivity index (χ1v) is 7.82. The van der Waals surface area contributed by atoms with Gasteiger partial charge in [0.1, 0.15) is 0 Å². The van der Waals surface area contributed by atoms with E-state index < -0.39 is 0 Å². The Kier molecular flexibility index (Phi) is 5.26. The zero-order chi connectivity index (χ0) is 14.5. The van der Waals surface area contributed by atoms with Crippen LogP contribution in [-0.2, 0) is 9.53 Å². The Morgan fingerprint density at radius 1 is 1.10 bits per heavy atom. The zero-order valence-corrected chi connectivity index (χ0v) is 12.6. The fraction of sp³-hybridized carbons (Fsp3) is 0.867. The van der Waals surface area contributed by atoms with Gasteiger partial charge in [-0.25, -0.2) is 4.79 Å². The Morgan fingerprint density at radius 2 is 1.80 bits per heavy atom. The Hall–Kier alpha value is -1.26. The summed E-state index contributed by atoms with van der Waals surface area (Å²) in [7, 11) is 0. The number of hydrogen-bond acceptors (Lipinski definition) is 3. The average Bonchev–Trinajstić information content (AvgIpc) is 2.48. The maximum atomic E-state index is 12.5. The van der Waals surface area contributed by atoms with E-state index in [1.54, 1.807) is 0 Å². The topological polar surface area (TPSA) is 49.9 Å². The standard InChI is InChI=1S/C15H26N2O3/c1-3-20-14(18)13-5-4-8-17(11-13)15(19)16-9-6-12(2)7-10-16/h12-13H,3-11H2,1-2H3/t13-/m0/s1. The quantitative estimate of drug-likeness (QED) is 0.729. The molecule has 2 aliphatic rings. The molecule has 0 radical (unpaired) electrons. The van der Waals surface area contributed by atoms with Crippen LogP contribution < -0.4 is 0 Å². The third-order valence-corrected chi connectivity index (χ3v) is 4.37. The van der Waals surface area contributed by atoms with Gasteiger partial charge in [0.2, 0.25) is 0 Å². The van der Waals surface area contributed by atoms with Crippen LogP contribution in [0.2, 0.25) is 0 Å². The maximum Gasteiger partial charge on any atom is 0.320 e. The molecule has 2 saturated heterocycles. The molecule has 1 atom stereocenters. The van der Waals surface area contributed by atoms with Crippen LogP contribution in [-0.4, -0.2) is 54.6 Å². The molecule has 5 heteroatoms. The number of likely N-dealkylation sites (tertiary alicyclic amines) is 2. The lowest BCUT2D eigenvalue weighted by molar-refractivity contribution is -0.149. The number of esters is 1. The van der Waals surface area contributed by atoms with Crippen LogP contribution in [0.3, 0.4) is 0 Å². The monoisotopic (exact) mass is 282 g/mol. The van der Waals surface area contributed by atoms with E-state index in [-0.39, 0.29) is 17.9 Å². The fourth-order valence-corrected chi connectivity index (χ4v) is 3.00. The molecule has 0 saturated carbocycles. The van der Waals surface area contributed by atoms with Gasteiger partial charge in [0, 0.05) is 26.2 Å². The highest BCUT2D eigenvalue weighted by molar-refractivity contribution is 5.77. The molecule has 0 aromatic heterocycles. The van der Waals surface area contributed by atoms with E-state index in [0.29, 0.717) is 19.1 Å². The third kappa shape index (κ3) is 3.64. The molecule has 2 amide bonds.